The molecule has 2 amide bonds. The number of aromatic nitrogens is 2. The monoisotopic (exact) mass is 508 g/mol. The van der Waals surface area contributed by atoms with Crippen LogP contribution in [0.15, 0.2) is 0 Å². The predicted octanol–water partition coefficient (Wildman–Crippen LogP) is 4.70. The lowest BCUT2D eigenvalue weighted by Gasteiger charge is -2.15. The maximum Gasteiger partial charge on any atom is 0.436 e. The minimum absolute atomic E-state index is 0.0189. The maximum atomic E-state index is 13.1. The Morgan fingerprint density at radius 1 is 1.27 bits per heavy atom. The van der Waals surface area contributed by atoms with Crippen molar-refractivity contribution in [1.29, 1.82) is 0 Å². The molecule has 1 atom stereocenters. The Balaban J connectivity index is 2.45. The van der Waals surface area contributed by atoms with Gasteiger partial charge in [-0.15, -0.1) is 11.3 Å². The fraction of sp³-hybridized carbons (Fsp3) is 0.500. The van der Waals surface area contributed by atoms with Gasteiger partial charge >= 0.3 is 12.1 Å². The highest BCUT2D eigenvalue weighted by Gasteiger charge is 2.39. The molecule has 2 aromatic rings. The molecule has 0 saturated heterocycles. The molecule has 0 fully saturated rings. The summed E-state index contributed by atoms with van der Waals surface area (Å²) >= 11 is 6.66. The molecular weight excluding hydrogens is 485 g/mol. The molecule has 0 aliphatic heterocycles. The molecule has 0 saturated carbocycles. The molecule has 2 aromatic heterocycles. The van der Waals surface area contributed by atoms with Gasteiger partial charge in [0.1, 0.15) is 11.0 Å². The molecule has 0 radical (unpaired) electrons. The Morgan fingerprint density at radius 3 is 2.36 bits per heavy atom. The summed E-state index contributed by atoms with van der Waals surface area (Å²) in [7, 11) is 3.08. The van der Waals surface area contributed by atoms with E-state index in [2.05, 4.69) is 10.4 Å². The minimum atomic E-state index is -4.79. The van der Waals surface area contributed by atoms with Crippen molar-refractivity contribution >= 4 is 45.7 Å². The number of hydrogen-bond acceptors (Lipinski definition) is 6. The van der Waals surface area contributed by atoms with E-state index in [0.717, 1.165) is 16.0 Å². The van der Waals surface area contributed by atoms with Crippen LogP contribution >= 0.6 is 22.9 Å². The second-order valence-electron chi connectivity index (χ2n) is 7.45. The molecule has 8 nitrogen and oxygen atoms in total. The van der Waals surface area contributed by atoms with Crippen LogP contribution in [-0.2, 0) is 15.7 Å². The van der Waals surface area contributed by atoms with Crippen molar-refractivity contribution < 1.29 is 32.3 Å². The summed E-state index contributed by atoms with van der Waals surface area (Å²) in [4.78, 5) is 39.6. The van der Waals surface area contributed by atoms with E-state index < -0.39 is 34.8 Å². The van der Waals surface area contributed by atoms with E-state index >= 15 is 0 Å². The lowest BCUT2D eigenvalue weighted by molar-refractivity contribution is -0.141. The first-order valence-electron chi connectivity index (χ1n) is 9.87. The van der Waals surface area contributed by atoms with Gasteiger partial charge in [0.05, 0.1) is 27.8 Å². The first-order valence-corrected chi connectivity index (χ1v) is 11.1. The van der Waals surface area contributed by atoms with Gasteiger partial charge in [0, 0.05) is 14.1 Å². The highest BCUT2D eigenvalue weighted by Crippen LogP contribution is 2.37. The van der Waals surface area contributed by atoms with E-state index in [1.165, 1.54) is 18.7 Å². The van der Waals surface area contributed by atoms with Crippen molar-refractivity contribution in [3.8, 4) is 0 Å². The normalized spacial score (nSPS) is 12.4. The standard InChI is InChI=1S/C20H24ClF3N4O4S/c1-7-8-32-19(31)12-9(2)14(18(30)27(5)6)33-17(12)25-16(29)11(4)28-10(3)13(21)15(26-28)20(22,23)24/h11H,7-8H2,1-6H3,(H,25,29). The molecule has 0 aliphatic carbocycles. The number of nitrogens with one attached hydrogen (secondary N) is 1. The van der Waals surface area contributed by atoms with Crippen molar-refractivity contribution in [2.75, 3.05) is 26.0 Å². The fourth-order valence-electron chi connectivity index (χ4n) is 2.91. The van der Waals surface area contributed by atoms with E-state index in [9.17, 15) is 27.6 Å². The van der Waals surface area contributed by atoms with Crippen molar-refractivity contribution in [3.05, 3.63) is 32.4 Å². The quantitative estimate of drug-likeness (QED) is 0.547. The number of carbonyl (C=O) groups excluding carboxylic acids is 3. The van der Waals surface area contributed by atoms with Crippen LogP contribution in [0.25, 0.3) is 0 Å². The molecule has 0 aliphatic rings. The lowest BCUT2D eigenvalue weighted by atomic mass is 10.1. The van der Waals surface area contributed by atoms with E-state index in [1.54, 1.807) is 21.0 Å². The zero-order valence-electron chi connectivity index (χ0n) is 18.9. The number of hydrogen-bond donors (Lipinski definition) is 1. The number of thiophene rings is 1. The summed E-state index contributed by atoms with van der Waals surface area (Å²) in [6.45, 7) is 6.16. The average molecular weight is 509 g/mol. The minimum Gasteiger partial charge on any atom is -0.462 e. The summed E-state index contributed by atoms with van der Waals surface area (Å²) < 4.78 is 45.5. The third kappa shape index (κ3) is 5.49. The van der Waals surface area contributed by atoms with Crippen LogP contribution in [-0.4, -0.2) is 53.2 Å². The van der Waals surface area contributed by atoms with Crippen LogP contribution in [0.1, 0.15) is 63.3 Å². The third-order valence-electron chi connectivity index (χ3n) is 4.72. The van der Waals surface area contributed by atoms with Crippen LogP contribution in [0.2, 0.25) is 5.02 Å². The molecule has 0 bridgehead atoms. The summed E-state index contributed by atoms with van der Waals surface area (Å²) in [5, 5.41) is 5.46. The van der Waals surface area contributed by atoms with E-state index in [4.69, 9.17) is 16.3 Å². The number of anilines is 1. The molecule has 2 rings (SSSR count). The molecule has 0 aromatic carbocycles. The van der Waals surface area contributed by atoms with E-state index in [-0.39, 0.29) is 33.6 Å². The van der Waals surface area contributed by atoms with Crippen LogP contribution < -0.4 is 5.32 Å². The molecule has 13 heteroatoms. The second kappa shape index (κ2) is 10.1. The van der Waals surface area contributed by atoms with Gasteiger partial charge in [-0.2, -0.15) is 18.3 Å². The Bertz CT molecular complexity index is 1080. The van der Waals surface area contributed by atoms with E-state index in [0.29, 0.717) is 12.0 Å². The van der Waals surface area contributed by atoms with Gasteiger partial charge in [-0.05, 0) is 32.8 Å². The van der Waals surface area contributed by atoms with Gasteiger partial charge < -0.3 is 15.0 Å². The van der Waals surface area contributed by atoms with Crippen LogP contribution in [0.3, 0.4) is 0 Å². The number of rotatable bonds is 7. The summed E-state index contributed by atoms with van der Waals surface area (Å²) in [6.07, 6.45) is -4.22. The number of amides is 2. The average Bonchev–Trinajstić information content (AvgIpc) is 3.21. The summed E-state index contributed by atoms with van der Waals surface area (Å²) in [5.41, 5.74) is -0.984. The Kier molecular flexibility index (Phi) is 8.18. The smallest absolute Gasteiger partial charge is 0.436 e. The molecule has 2 heterocycles. The highest BCUT2D eigenvalue weighted by atomic mass is 35.5. The first-order chi connectivity index (χ1) is 15.2. The maximum absolute atomic E-state index is 13.1. The first kappa shape index (κ1) is 26.7. The summed E-state index contributed by atoms with van der Waals surface area (Å²) in [5.74, 6) is -1.84. The molecule has 0 spiro atoms. The van der Waals surface area contributed by atoms with Gasteiger partial charge in [0.2, 0.25) is 5.91 Å². The predicted molar refractivity (Wildman–Crippen MR) is 118 cm³/mol. The topological polar surface area (TPSA) is 93.5 Å². The lowest BCUT2D eigenvalue weighted by Crippen LogP contribution is -2.26. The van der Waals surface area contributed by atoms with Crippen molar-refractivity contribution in [3.63, 3.8) is 0 Å². The number of nitrogens with zero attached hydrogens (tertiary/aromatic N) is 3. The molecule has 182 valence electrons. The molecular formula is C20H24ClF3N4O4S. The van der Waals surface area contributed by atoms with Gasteiger partial charge in [-0.1, -0.05) is 18.5 Å². The SMILES string of the molecule is CCCOC(=O)c1c(NC(=O)C(C)n2nc(C(F)(F)F)c(Cl)c2C)sc(C(=O)N(C)C)c1C. The van der Waals surface area contributed by atoms with Crippen LogP contribution in [0, 0.1) is 13.8 Å². The molecule has 1 N–H and O–H groups in total. The number of alkyl halides is 3. The van der Waals surface area contributed by atoms with E-state index in [1.807, 2.05) is 6.92 Å². The van der Waals surface area contributed by atoms with Crippen molar-refractivity contribution in [2.24, 2.45) is 0 Å². The van der Waals surface area contributed by atoms with Crippen LogP contribution in [0.5, 0.6) is 0 Å². The third-order valence-corrected chi connectivity index (χ3v) is 6.36. The fourth-order valence-corrected chi connectivity index (χ4v) is 4.36. The van der Waals surface area contributed by atoms with Crippen LogP contribution in [0.4, 0.5) is 18.2 Å². The Labute approximate surface area is 197 Å². The Morgan fingerprint density at radius 2 is 1.88 bits per heavy atom. The number of carbonyl (C=O) groups is 3. The molecule has 33 heavy (non-hydrogen) atoms. The van der Waals surface area contributed by atoms with Crippen molar-refractivity contribution in [1.82, 2.24) is 14.7 Å². The van der Waals surface area contributed by atoms with Gasteiger partial charge in [0.15, 0.2) is 5.69 Å². The zero-order chi connectivity index (χ0) is 25.2. The van der Waals surface area contributed by atoms with Gasteiger partial charge in [-0.25, -0.2) is 4.79 Å². The largest absolute Gasteiger partial charge is 0.462 e. The van der Waals surface area contributed by atoms with Gasteiger partial charge in [-0.3, -0.25) is 14.3 Å². The van der Waals surface area contributed by atoms with Crippen molar-refractivity contribution in [2.45, 2.75) is 46.3 Å². The zero-order valence-corrected chi connectivity index (χ0v) is 20.5. The summed E-state index contributed by atoms with van der Waals surface area (Å²) in [6, 6.07) is -1.20. The highest BCUT2D eigenvalue weighted by molar-refractivity contribution is 7.18. The Hall–Kier alpha value is -2.60. The molecule has 1 unspecified atom stereocenters. The number of ether oxygens (including phenoxy) is 1. The second-order valence-corrected chi connectivity index (χ2v) is 8.85. The van der Waals surface area contributed by atoms with Gasteiger partial charge in [0.25, 0.3) is 5.91 Å². The number of esters is 1. The number of halogens is 4.